The van der Waals surface area contributed by atoms with Gasteiger partial charge >= 0.3 is 0 Å². The number of ether oxygens (including phenoxy) is 1. The summed E-state index contributed by atoms with van der Waals surface area (Å²) < 4.78 is 5.26. The van der Waals surface area contributed by atoms with Crippen molar-refractivity contribution in [1.29, 1.82) is 0 Å². The minimum absolute atomic E-state index is 0.738. The quantitative estimate of drug-likeness (QED) is 0.422. The Bertz CT molecular complexity index is 100. The third-order valence-corrected chi connectivity index (χ3v) is 1.23. The van der Waals surface area contributed by atoms with Crippen LogP contribution >= 0.6 is 0 Å². The van der Waals surface area contributed by atoms with E-state index in [1.54, 1.807) is 0 Å². The van der Waals surface area contributed by atoms with Gasteiger partial charge in [0.25, 0.3) is 0 Å². The molecule has 0 rings (SSSR count). The van der Waals surface area contributed by atoms with Gasteiger partial charge in [-0.2, -0.15) is 0 Å². The molecule has 0 unspecified atom stereocenters. The monoisotopic (exact) mass is 154 g/mol. The summed E-state index contributed by atoms with van der Waals surface area (Å²) in [7, 11) is 0. The van der Waals surface area contributed by atoms with E-state index in [9.17, 15) is 0 Å². The summed E-state index contributed by atoms with van der Waals surface area (Å²) in [4.78, 5) is 0. The predicted octanol–water partition coefficient (Wildman–Crippen LogP) is 2.94. The summed E-state index contributed by atoms with van der Waals surface area (Å²) in [6, 6.07) is 0. The van der Waals surface area contributed by atoms with Crippen molar-refractivity contribution in [3.8, 4) is 0 Å². The van der Waals surface area contributed by atoms with E-state index in [2.05, 4.69) is 38.2 Å². The molecule has 0 amide bonds. The lowest BCUT2D eigenvalue weighted by Gasteiger charge is -1.93. The van der Waals surface area contributed by atoms with Crippen LogP contribution in [-0.2, 0) is 4.74 Å². The molecule has 0 atom stereocenters. The van der Waals surface area contributed by atoms with Crippen LogP contribution in [0.5, 0.6) is 0 Å². The molecule has 0 spiro atoms. The molecule has 0 N–H and O–H groups in total. The SMILES string of the molecule is CC/C=C/COC/C=C/CC. The van der Waals surface area contributed by atoms with Gasteiger partial charge in [-0.3, -0.25) is 0 Å². The molecular weight excluding hydrogens is 136 g/mol. The van der Waals surface area contributed by atoms with E-state index in [0.29, 0.717) is 0 Å². The first-order chi connectivity index (χ1) is 5.41. The lowest BCUT2D eigenvalue weighted by molar-refractivity contribution is 0.193. The third kappa shape index (κ3) is 9.44. The maximum absolute atomic E-state index is 5.26. The van der Waals surface area contributed by atoms with E-state index in [1.165, 1.54) is 0 Å². The average molecular weight is 154 g/mol. The van der Waals surface area contributed by atoms with Crippen LogP contribution in [0.3, 0.4) is 0 Å². The minimum Gasteiger partial charge on any atom is -0.373 e. The van der Waals surface area contributed by atoms with Crippen molar-refractivity contribution in [3.63, 3.8) is 0 Å². The highest BCUT2D eigenvalue weighted by molar-refractivity contribution is 4.82. The van der Waals surface area contributed by atoms with Crippen LogP contribution in [0.15, 0.2) is 24.3 Å². The molecule has 0 saturated heterocycles. The van der Waals surface area contributed by atoms with Crippen molar-refractivity contribution >= 4 is 0 Å². The van der Waals surface area contributed by atoms with Crippen molar-refractivity contribution in [2.75, 3.05) is 13.2 Å². The molecule has 0 radical (unpaired) electrons. The first-order valence-electron chi connectivity index (χ1n) is 4.29. The van der Waals surface area contributed by atoms with E-state index in [4.69, 9.17) is 4.74 Å². The minimum atomic E-state index is 0.738. The van der Waals surface area contributed by atoms with Crippen LogP contribution in [0.25, 0.3) is 0 Å². The Hall–Kier alpha value is -0.560. The van der Waals surface area contributed by atoms with Crippen LogP contribution in [0, 0.1) is 0 Å². The maximum atomic E-state index is 5.26. The second-order valence-corrected chi connectivity index (χ2v) is 2.30. The van der Waals surface area contributed by atoms with Gasteiger partial charge in [-0.25, -0.2) is 0 Å². The van der Waals surface area contributed by atoms with Crippen molar-refractivity contribution < 1.29 is 4.74 Å². The standard InChI is InChI=1S/C10H18O/c1-3-5-7-9-11-10-8-6-4-2/h5-8H,3-4,9-10H2,1-2H3/b7-5+,8-6+. The molecule has 1 heteroatoms. The molecule has 0 bridgehead atoms. The molecule has 11 heavy (non-hydrogen) atoms. The third-order valence-electron chi connectivity index (χ3n) is 1.23. The Morgan fingerprint density at radius 2 is 1.27 bits per heavy atom. The van der Waals surface area contributed by atoms with Crippen molar-refractivity contribution in [1.82, 2.24) is 0 Å². The van der Waals surface area contributed by atoms with Crippen molar-refractivity contribution in [2.45, 2.75) is 26.7 Å². The Labute approximate surface area is 69.8 Å². The fourth-order valence-corrected chi connectivity index (χ4v) is 0.674. The predicted molar refractivity (Wildman–Crippen MR) is 49.7 cm³/mol. The Morgan fingerprint density at radius 1 is 0.818 bits per heavy atom. The molecule has 0 aliphatic heterocycles. The number of rotatable bonds is 6. The summed E-state index contributed by atoms with van der Waals surface area (Å²) in [5, 5.41) is 0. The van der Waals surface area contributed by atoms with Gasteiger partial charge in [0.1, 0.15) is 0 Å². The molecule has 0 aromatic carbocycles. The molecule has 0 fully saturated rings. The first-order valence-corrected chi connectivity index (χ1v) is 4.29. The summed E-state index contributed by atoms with van der Waals surface area (Å²) in [5.74, 6) is 0. The fraction of sp³-hybridized carbons (Fsp3) is 0.600. The van der Waals surface area contributed by atoms with Gasteiger partial charge in [0, 0.05) is 0 Å². The first kappa shape index (κ1) is 10.4. The smallest absolute Gasteiger partial charge is 0.0651 e. The van der Waals surface area contributed by atoms with E-state index >= 15 is 0 Å². The highest BCUT2D eigenvalue weighted by Crippen LogP contribution is 1.84. The highest BCUT2D eigenvalue weighted by atomic mass is 16.5. The lowest BCUT2D eigenvalue weighted by atomic mass is 10.4. The fourth-order valence-electron chi connectivity index (χ4n) is 0.674. The van der Waals surface area contributed by atoms with Crippen LogP contribution < -0.4 is 0 Å². The molecule has 0 saturated carbocycles. The molecule has 64 valence electrons. The zero-order chi connectivity index (χ0) is 8.36. The molecule has 0 aliphatic carbocycles. The number of hydrogen-bond donors (Lipinski definition) is 0. The Kier molecular flexibility index (Phi) is 8.96. The Balaban J connectivity index is 3.02. The lowest BCUT2D eigenvalue weighted by Crippen LogP contribution is -1.89. The molecule has 0 heterocycles. The molecule has 0 aliphatic rings. The van der Waals surface area contributed by atoms with Crippen LogP contribution in [-0.4, -0.2) is 13.2 Å². The topological polar surface area (TPSA) is 9.23 Å². The van der Waals surface area contributed by atoms with Crippen molar-refractivity contribution in [2.24, 2.45) is 0 Å². The summed E-state index contributed by atoms with van der Waals surface area (Å²) in [6.07, 6.45) is 10.5. The van der Waals surface area contributed by atoms with Gasteiger partial charge in [-0.05, 0) is 12.8 Å². The van der Waals surface area contributed by atoms with E-state index < -0.39 is 0 Å². The number of hydrogen-bond acceptors (Lipinski definition) is 1. The van der Waals surface area contributed by atoms with Gasteiger partial charge in [0.15, 0.2) is 0 Å². The van der Waals surface area contributed by atoms with Gasteiger partial charge in [-0.1, -0.05) is 38.2 Å². The largest absolute Gasteiger partial charge is 0.373 e. The second kappa shape index (κ2) is 9.44. The van der Waals surface area contributed by atoms with Gasteiger partial charge in [-0.15, -0.1) is 0 Å². The number of allylic oxidation sites excluding steroid dienone is 2. The van der Waals surface area contributed by atoms with E-state index in [0.717, 1.165) is 26.1 Å². The zero-order valence-electron chi connectivity index (χ0n) is 7.55. The summed E-state index contributed by atoms with van der Waals surface area (Å²) >= 11 is 0. The second-order valence-electron chi connectivity index (χ2n) is 2.30. The summed E-state index contributed by atoms with van der Waals surface area (Å²) in [6.45, 7) is 5.71. The maximum Gasteiger partial charge on any atom is 0.0651 e. The molecular formula is C10H18O. The van der Waals surface area contributed by atoms with Crippen LogP contribution in [0.1, 0.15) is 26.7 Å². The van der Waals surface area contributed by atoms with E-state index in [1.807, 2.05) is 0 Å². The molecule has 1 nitrogen and oxygen atoms in total. The van der Waals surface area contributed by atoms with Gasteiger partial charge < -0.3 is 4.74 Å². The zero-order valence-corrected chi connectivity index (χ0v) is 7.55. The van der Waals surface area contributed by atoms with Gasteiger partial charge in [0.05, 0.1) is 13.2 Å². The van der Waals surface area contributed by atoms with Crippen molar-refractivity contribution in [3.05, 3.63) is 24.3 Å². The van der Waals surface area contributed by atoms with Crippen LogP contribution in [0.4, 0.5) is 0 Å². The summed E-state index contributed by atoms with van der Waals surface area (Å²) in [5.41, 5.74) is 0. The molecule has 0 aromatic rings. The average Bonchev–Trinajstić information content (AvgIpc) is 2.03. The van der Waals surface area contributed by atoms with E-state index in [-0.39, 0.29) is 0 Å². The van der Waals surface area contributed by atoms with Crippen LogP contribution in [0.2, 0.25) is 0 Å². The van der Waals surface area contributed by atoms with Gasteiger partial charge in [0.2, 0.25) is 0 Å². The normalized spacial score (nSPS) is 11.8. The Morgan fingerprint density at radius 3 is 1.64 bits per heavy atom. The highest BCUT2D eigenvalue weighted by Gasteiger charge is 1.76. The molecule has 0 aromatic heterocycles.